The number of Topliss-reactive ketones (excluding diaryl/α,β-unsaturated/α-hetero) is 1. The molecule has 1 N–H and O–H groups in total. The number of carbonyl (C=O) groups is 2. The van der Waals surface area contributed by atoms with Crippen LogP contribution in [0, 0.1) is 5.82 Å². The summed E-state index contributed by atoms with van der Waals surface area (Å²) in [7, 11) is -0.681. The van der Waals surface area contributed by atoms with Crippen LogP contribution in [0.3, 0.4) is 0 Å². The number of anilines is 1. The number of hydrogen-bond donors (Lipinski definition) is 1. The van der Waals surface area contributed by atoms with Crippen molar-refractivity contribution < 1.29 is 36.6 Å². The maximum Gasteiger partial charge on any atom is 0.337 e. The summed E-state index contributed by atoms with van der Waals surface area (Å²) < 4.78 is 56.5. The summed E-state index contributed by atoms with van der Waals surface area (Å²) in [6.07, 6.45) is 0. The number of carbonyl (C=O) groups excluding carboxylic acids is 2. The van der Waals surface area contributed by atoms with Crippen LogP contribution in [0.2, 0.25) is 0 Å². The summed E-state index contributed by atoms with van der Waals surface area (Å²) in [6.45, 7) is 1.23. The van der Waals surface area contributed by atoms with Crippen molar-refractivity contribution in [3.05, 3.63) is 47.3 Å². The predicted octanol–water partition coefficient (Wildman–Crippen LogP) is 2.63. The maximum absolute atomic E-state index is 14.2. The number of hydrogen-bond acceptors (Lipinski definition) is 7. The monoisotopic (exact) mass is 411 g/mol. The molecule has 0 heterocycles. The van der Waals surface area contributed by atoms with Gasteiger partial charge >= 0.3 is 5.97 Å². The van der Waals surface area contributed by atoms with Gasteiger partial charge in [-0.25, -0.2) is 17.6 Å². The van der Waals surface area contributed by atoms with E-state index in [1.165, 1.54) is 33.3 Å². The van der Waals surface area contributed by atoms with Crippen molar-refractivity contribution in [1.82, 2.24) is 0 Å². The molecule has 0 amide bonds. The topological polar surface area (TPSA) is 108 Å². The lowest BCUT2D eigenvalue weighted by Crippen LogP contribution is -2.17. The summed E-state index contributed by atoms with van der Waals surface area (Å²) in [4.78, 5) is 22.8. The second kappa shape index (κ2) is 8.26. The van der Waals surface area contributed by atoms with E-state index in [0.29, 0.717) is 0 Å². The largest absolute Gasteiger partial charge is 0.493 e. The van der Waals surface area contributed by atoms with Crippen LogP contribution in [0.15, 0.2) is 35.2 Å². The number of esters is 1. The highest BCUT2D eigenvalue weighted by molar-refractivity contribution is 7.92. The first kappa shape index (κ1) is 21.2. The van der Waals surface area contributed by atoms with Gasteiger partial charge in [-0.15, -0.1) is 0 Å². The molecule has 0 atom stereocenters. The van der Waals surface area contributed by atoms with Gasteiger partial charge in [0.05, 0.1) is 32.6 Å². The molecule has 0 saturated heterocycles. The summed E-state index contributed by atoms with van der Waals surface area (Å²) in [5, 5.41) is 0. The molecule has 0 aliphatic carbocycles. The first-order chi connectivity index (χ1) is 13.1. The van der Waals surface area contributed by atoms with Gasteiger partial charge in [-0.3, -0.25) is 9.52 Å². The van der Waals surface area contributed by atoms with Crippen LogP contribution < -0.4 is 14.2 Å². The van der Waals surface area contributed by atoms with Crippen molar-refractivity contribution in [3.8, 4) is 11.5 Å². The molecule has 0 aliphatic rings. The highest BCUT2D eigenvalue weighted by Gasteiger charge is 2.24. The Labute approximate surface area is 161 Å². The van der Waals surface area contributed by atoms with Crippen LogP contribution in [0.5, 0.6) is 11.5 Å². The number of benzene rings is 2. The van der Waals surface area contributed by atoms with E-state index < -0.39 is 32.5 Å². The Balaban J connectivity index is 2.58. The van der Waals surface area contributed by atoms with E-state index >= 15 is 0 Å². The van der Waals surface area contributed by atoms with Crippen molar-refractivity contribution in [2.24, 2.45) is 0 Å². The molecule has 2 rings (SSSR count). The Morgan fingerprint density at radius 3 is 2.14 bits per heavy atom. The molecule has 150 valence electrons. The molecule has 0 saturated carbocycles. The van der Waals surface area contributed by atoms with Crippen molar-refractivity contribution in [1.29, 1.82) is 0 Å². The number of nitrogens with one attached hydrogen (secondary N) is 1. The number of rotatable bonds is 7. The molecule has 0 radical (unpaired) electrons. The molecule has 0 bridgehead atoms. The Hall–Kier alpha value is -3.14. The van der Waals surface area contributed by atoms with E-state index in [9.17, 15) is 22.4 Å². The molecule has 10 heteroatoms. The van der Waals surface area contributed by atoms with Crippen molar-refractivity contribution in [2.75, 3.05) is 26.1 Å². The summed E-state index contributed by atoms with van der Waals surface area (Å²) in [5.74, 6) is -1.98. The van der Waals surface area contributed by atoms with Crippen LogP contribution >= 0.6 is 0 Å². The van der Waals surface area contributed by atoms with Crippen LogP contribution in [0.25, 0.3) is 0 Å². The van der Waals surface area contributed by atoms with Crippen LogP contribution in [0.1, 0.15) is 27.6 Å². The minimum atomic E-state index is -4.49. The summed E-state index contributed by atoms with van der Waals surface area (Å²) in [6, 6.07) is 5.33. The van der Waals surface area contributed by atoms with Crippen LogP contribution in [0.4, 0.5) is 10.1 Å². The van der Waals surface area contributed by atoms with E-state index in [1.807, 2.05) is 0 Å². The second-order valence-electron chi connectivity index (χ2n) is 5.55. The van der Waals surface area contributed by atoms with E-state index in [0.717, 1.165) is 25.3 Å². The molecular formula is C18H18FNO7S. The zero-order valence-electron chi connectivity index (χ0n) is 15.5. The fraction of sp³-hybridized carbons (Fsp3) is 0.222. The summed E-state index contributed by atoms with van der Waals surface area (Å²) >= 11 is 0. The number of ketones is 1. The Bertz CT molecular complexity index is 1030. The van der Waals surface area contributed by atoms with Gasteiger partial charge in [0.25, 0.3) is 10.0 Å². The minimum absolute atomic E-state index is 0.00856. The van der Waals surface area contributed by atoms with Crippen molar-refractivity contribution in [3.63, 3.8) is 0 Å². The van der Waals surface area contributed by atoms with E-state index in [2.05, 4.69) is 9.46 Å². The third-order valence-corrected chi connectivity index (χ3v) is 5.17. The normalized spacial score (nSPS) is 10.9. The van der Waals surface area contributed by atoms with Gasteiger partial charge in [-0.05, 0) is 31.2 Å². The molecule has 0 spiro atoms. The SMILES string of the molecule is COC(=O)c1ccc(F)c(S(=O)(=O)Nc2cc(OC)c(OC)cc2C(C)=O)c1. The zero-order valence-corrected chi connectivity index (χ0v) is 16.3. The van der Waals surface area contributed by atoms with Gasteiger partial charge in [0.1, 0.15) is 10.7 Å². The standard InChI is InChI=1S/C18H18FNO7S/c1-10(21)12-8-15(25-2)16(26-3)9-14(12)20-28(23,24)17-7-11(18(22)27-4)5-6-13(17)19/h5-9,20H,1-4H3. The zero-order chi connectivity index (χ0) is 21.1. The van der Waals surface area contributed by atoms with Gasteiger partial charge < -0.3 is 14.2 Å². The van der Waals surface area contributed by atoms with Crippen molar-refractivity contribution in [2.45, 2.75) is 11.8 Å². The highest BCUT2D eigenvalue weighted by atomic mass is 32.2. The van der Waals surface area contributed by atoms with Gasteiger partial charge in [-0.1, -0.05) is 0 Å². The molecular weight excluding hydrogens is 393 g/mol. The molecule has 0 aliphatic heterocycles. The second-order valence-corrected chi connectivity index (χ2v) is 7.20. The average Bonchev–Trinajstić information content (AvgIpc) is 2.66. The molecule has 2 aromatic carbocycles. The summed E-state index contributed by atoms with van der Waals surface area (Å²) in [5.41, 5.74) is -0.290. The first-order valence-electron chi connectivity index (χ1n) is 7.82. The predicted molar refractivity (Wildman–Crippen MR) is 98.1 cm³/mol. The minimum Gasteiger partial charge on any atom is -0.493 e. The molecule has 8 nitrogen and oxygen atoms in total. The Morgan fingerprint density at radius 2 is 1.61 bits per heavy atom. The number of ether oxygens (including phenoxy) is 3. The van der Waals surface area contributed by atoms with Gasteiger partial charge in [0.15, 0.2) is 17.3 Å². The van der Waals surface area contributed by atoms with Crippen LogP contribution in [-0.2, 0) is 14.8 Å². The lowest BCUT2D eigenvalue weighted by atomic mass is 10.1. The first-order valence-corrected chi connectivity index (χ1v) is 9.30. The van der Waals surface area contributed by atoms with E-state index in [4.69, 9.17) is 9.47 Å². The molecule has 0 aromatic heterocycles. The van der Waals surface area contributed by atoms with Gasteiger partial charge in [-0.2, -0.15) is 0 Å². The fourth-order valence-corrected chi connectivity index (χ4v) is 3.58. The average molecular weight is 411 g/mol. The van der Waals surface area contributed by atoms with E-state index in [-0.39, 0.29) is 28.3 Å². The number of halogens is 1. The third-order valence-electron chi connectivity index (χ3n) is 3.79. The molecule has 2 aromatic rings. The maximum atomic E-state index is 14.2. The van der Waals surface area contributed by atoms with E-state index in [1.54, 1.807) is 0 Å². The molecule has 0 fully saturated rings. The van der Waals surface area contributed by atoms with Crippen molar-refractivity contribution >= 4 is 27.5 Å². The Morgan fingerprint density at radius 1 is 1.00 bits per heavy atom. The lowest BCUT2D eigenvalue weighted by Gasteiger charge is -2.16. The molecule has 0 unspecified atom stereocenters. The quantitative estimate of drug-likeness (QED) is 0.551. The van der Waals surface area contributed by atoms with Crippen LogP contribution in [-0.4, -0.2) is 41.5 Å². The molecule has 28 heavy (non-hydrogen) atoms. The lowest BCUT2D eigenvalue weighted by molar-refractivity contribution is 0.0600. The third kappa shape index (κ3) is 4.22. The highest BCUT2D eigenvalue weighted by Crippen LogP contribution is 2.35. The number of sulfonamides is 1. The van der Waals surface area contributed by atoms with Gasteiger partial charge in [0, 0.05) is 11.6 Å². The fourth-order valence-electron chi connectivity index (χ4n) is 2.41. The smallest absolute Gasteiger partial charge is 0.337 e. The number of methoxy groups -OCH3 is 3. The van der Waals surface area contributed by atoms with Gasteiger partial charge in [0.2, 0.25) is 0 Å². The Kier molecular flexibility index (Phi) is 6.24.